The lowest BCUT2D eigenvalue weighted by molar-refractivity contribution is -0.147. The van der Waals surface area contributed by atoms with Crippen LogP contribution in [0, 0.1) is 5.92 Å². The molecule has 1 aliphatic carbocycles. The van der Waals surface area contributed by atoms with E-state index in [-0.39, 0.29) is 51.5 Å². The lowest BCUT2D eigenvalue weighted by Gasteiger charge is -2.37. The number of hydrogen-bond acceptors (Lipinski definition) is 9. The number of aromatic nitrogens is 3. The fourth-order valence-electron chi connectivity index (χ4n) is 7.28. The zero-order valence-corrected chi connectivity index (χ0v) is 28.2. The quantitative estimate of drug-likeness (QED) is 0.204. The molecule has 3 heterocycles. The molecular weight excluding hydrogens is 632 g/mol. The summed E-state index contributed by atoms with van der Waals surface area (Å²) in [4.78, 5) is 68.6. The van der Waals surface area contributed by atoms with Gasteiger partial charge in [0, 0.05) is 45.6 Å². The Morgan fingerprint density at radius 1 is 1.08 bits per heavy atom. The standard InChI is InChI=1S/C34H48N8O7/c1-33(2,48)27-20-37-40-42(27)24-18-26(30(45)39-34(28(43)29(35)44)13-15-49-16-14-34)41(21-24)31(46)25(17-22-9-5-3-6-10-22)38-32(47)36-19-23-11-7-4-8-12-23/h4,7-8,11-12,20,22,24-26,48H,3,5-6,9-10,13-19,21H2,1-2H3,(H2,35,44)(H,39,45)(H2,36,38,47)/t24?,25-,26?/m1/s1. The summed E-state index contributed by atoms with van der Waals surface area (Å²) in [5.74, 6) is -2.98. The molecule has 5 amide bonds. The molecular formula is C34H48N8O7. The van der Waals surface area contributed by atoms with Crippen LogP contribution >= 0.6 is 0 Å². The van der Waals surface area contributed by atoms with Crippen LogP contribution in [0.2, 0.25) is 0 Å². The molecule has 2 unspecified atom stereocenters. The van der Waals surface area contributed by atoms with Crippen molar-refractivity contribution in [2.24, 2.45) is 11.7 Å². The minimum absolute atomic E-state index is 0.0255. The molecule has 3 fully saturated rings. The molecule has 1 aromatic carbocycles. The highest BCUT2D eigenvalue weighted by molar-refractivity contribution is 6.39. The van der Waals surface area contributed by atoms with Gasteiger partial charge in [0.1, 0.15) is 23.2 Å². The Morgan fingerprint density at radius 2 is 1.78 bits per heavy atom. The van der Waals surface area contributed by atoms with Crippen molar-refractivity contribution in [3.63, 3.8) is 0 Å². The highest BCUT2D eigenvalue weighted by Gasteiger charge is 2.49. The van der Waals surface area contributed by atoms with E-state index in [1.54, 1.807) is 13.8 Å². The summed E-state index contributed by atoms with van der Waals surface area (Å²) >= 11 is 0. The van der Waals surface area contributed by atoms with Gasteiger partial charge in [-0.15, -0.1) is 5.10 Å². The molecule has 0 bridgehead atoms. The number of carbonyl (C=O) groups is 5. The van der Waals surface area contributed by atoms with E-state index in [9.17, 15) is 29.1 Å². The fraction of sp³-hybridized carbons (Fsp3) is 0.618. The molecule has 1 aromatic heterocycles. The van der Waals surface area contributed by atoms with E-state index in [0.717, 1.165) is 37.7 Å². The van der Waals surface area contributed by atoms with Crippen LogP contribution in [-0.2, 0) is 36.1 Å². The smallest absolute Gasteiger partial charge is 0.315 e. The van der Waals surface area contributed by atoms with Gasteiger partial charge in [-0.25, -0.2) is 9.48 Å². The summed E-state index contributed by atoms with van der Waals surface area (Å²) in [5.41, 5.74) is 3.81. The van der Waals surface area contributed by atoms with Crippen molar-refractivity contribution in [2.75, 3.05) is 19.8 Å². The molecule has 2 aliphatic heterocycles. The molecule has 2 aromatic rings. The zero-order valence-electron chi connectivity index (χ0n) is 28.2. The second-order valence-corrected chi connectivity index (χ2v) is 14.0. The van der Waals surface area contributed by atoms with Crippen LogP contribution in [0.1, 0.15) is 88.9 Å². The van der Waals surface area contributed by atoms with E-state index < -0.39 is 58.8 Å². The summed E-state index contributed by atoms with van der Waals surface area (Å²) in [7, 11) is 0. The number of hydrogen-bond donors (Lipinski definition) is 5. The topological polar surface area (TPSA) is 211 Å². The number of Topliss-reactive ketones (excluding diaryl/α,β-unsaturated/α-hetero) is 1. The van der Waals surface area contributed by atoms with Gasteiger partial charge in [0.25, 0.3) is 5.91 Å². The number of nitrogens with two attached hydrogens (primary N) is 1. The van der Waals surface area contributed by atoms with E-state index in [1.165, 1.54) is 15.8 Å². The van der Waals surface area contributed by atoms with Crippen molar-refractivity contribution < 1.29 is 33.8 Å². The van der Waals surface area contributed by atoms with Crippen molar-refractivity contribution in [3.05, 3.63) is 47.8 Å². The third kappa shape index (κ3) is 8.63. The van der Waals surface area contributed by atoms with E-state index in [1.807, 2.05) is 30.3 Å². The molecule has 0 spiro atoms. The van der Waals surface area contributed by atoms with Crippen molar-refractivity contribution in [1.29, 1.82) is 0 Å². The summed E-state index contributed by atoms with van der Waals surface area (Å²) in [5, 5.41) is 27.5. The number of carbonyl (C=O) groups excluding carboxylic acids is 5. The van der Waals surface area contributed by atoms with E-state index >= 15 is 0 Å². The second kappa shape index (κ2) is 15.5. The number of primary amides is 1. The Bertz CT molecular complexity index is 1500. The van der Waals surface area contributed by atoms with Crippen LogP contribution in [0.5, 0.6) is 0 Å². The van der Waals surface area contributed by atoms with Crippen LogP contribution < -0.4 is 21.7 Å². The lowest BCUT2D eigenvalue weighted by atomic mass is 9.84. The minimum atomic E-state index is -1.57. The first-order valence-corrected chi connectivity index (χ1v) is 17.1. The van der Waals surface area contributed by atoms with Gasteiger partial charge in [0.2, 0.25) is 17.6 Å². The highest BCUT2D eigenvalue weighted by atomic mass is 16.5. The SMILES string of the molecule is CC(C)(O)c1cnnn1C1CC(C(=O)NC2(C(=O)C(N)=O)CCOCC2)N(C(=O)[C@@H](CC2CCCCC2)NC(=O)NCc2ccccc2)C1. The maximum Gasteiger partial charge on any atom is 0.315 e. The first-order chi connectivity index (χ1) is 23.4. The first kappa shape index (κ1) is 35.9. The molecule has 5 rings (SSSR count). The van der Waals surface area contributed by atoms with Gasteiger partial charge in [-0.05, 0) is 31.7 Å². The van der Waals surface area contributed by atoms with E-state index in [4.69, 9.17) is 10.5 Å². The van der Waals surface area contributed by atoms with Crippen molar-refractivity contribution >= 4 is 29.5 Å². The van der Waals surface area contributed by atoms with Gasteiger partial charge >= 0.3 is 6.03 Å². The average Bonchev–Trinajstić information content (AvgIpc) is 3.76. The van der Waals surface area contributed by atoms with E-state index in [0.29, 0.717) is 12.1 Å². The number of amides is 5. The molecule has 15 nitrogen and oxygen atoms in total. The first-order valence-electron chi connectivity index (χ1n) is 17.1. The van der Waals surface area contributed by atoms with Gasteiger partial charge in [0.15, 0.2) is 0 Å². The number of ether oxygens (including phenoxy) is 1. The van der Waals surface area contributed by atoms with Crippen LogP contribution in [0.15, 0.2) is 36.5 Å². The van der Waals surface area contributed by atoms with Crippen LogP contribution in [-0.4, -0.2) is 91.9 Å². The number of benzene rings is 1. The molecule has 2 saturated heterocycles. The Kier molecular flexibility index (Phi) is 11.3. The summed E-state index contributed by atoms with van der Waals surface area (Å²) in [6.07, 6.45) is 7.05. The van der Waals surface area contributed by atoms with Gasteiger partial charge in [-0.2, -0.15) is 0 Å². The van der Waals surface area contributed by atoms with Crippen molar-refractivity contribution in [1.82, 2.24) is 35.8 Å². The number of urea groups is 1. The highest BCUT2D eigenvalue weighted by Crippen LogP contribution is 2.34. The Balaban J connectivity index is 1.43. The largest absolute Gasteiger partial charge is 0.384 e. The molecule has 6 N–H and O–H groups in total. The second-order valence-electron chi connectivity index (χ2n) is 14.0. The van der Waals surface area contributed by atoms with Crippen LogP contribution in [0.25, 0.3) is 0 Å². The maximum absolute atomic E-state index is 14.6. The van der Waals surface area contributed by atoms with E-state index in [2.05, 4.69) is 26.3 Å². The van der Waals surface area contributed by atoms with Gasteiger partial charge in [-0.1, -0.05) is 67.6 Å². The molecule has 15 heteroatoms. The predicted molar refractivity (Wildman–Crippen MR) is 176 cm³/mol. The third-order valence-corrected chi connectivity index (χ3v) is 9.97. The summed E-state index contributed by atoms with van der Waals surface area (Å²) in [6, 6.07) is 6.29. The summed E-state index contributed by atoms with van der Waals surface area (Å²) < 4.78 is 6.93. The van der Waals surface area contributed by atoms with Gasteiger partial charge in [0.05, 0.1) is 17.9 Å². The lowest BCUT2D eigenvalue weighted by Crippen LogP contribution is -2.64. The summed E-state index contributed by atoms with van der Waals surface area (Å²) in [6.45, 7) is 3.74. The number of aliphatic hydroxyl groups is 1. The van der Waals surface area contributed by atoms with Crippen molar-refractivity contribution in [2.45, 2.75) is 107 Å². The van der Waals surface area contributed by atoms with Crippen LogP contribution in [0.4, 0.5) is 4.79 Å². The Labute approximate surface area is 285 Å². The Morgan fingerprint density at radius 3 is 2.43 bits per heavy atom. The Hall–Kier alpha value is -4.37. The number of ketones is 1. The molecule has 49 heavy (non-hydrogen) atoms. The molecule has 1 saturated carbocycles. The average molecular weight is 681 g/mol. The predicted octanol–water partition coefficient (Wildman–Crippen LogP) is 1.21. The molecule has 0 radical (unpaired) electrons. The zero-order chi connectivity index (χ0) is 35.2. The fourth-order valence-corrected chi connectivity index (χ4v) is 7.28. The van der Waals surface area contributed by atoms with Gasteiger partial charge < -0.3 is 36.4 Å². The third-order valence-electron chi connectivity index (χ3n) is 9.97. The number of likely N-dealkylation sites (tertiary alicyclic amines) is 1. The van der Waals surface area contributed by atoms with Crippen LogP contribution in [0.3, 0.4) is 0 Å². The number of nitrogens with one attached hydrogen (secondary N) is 3. The minimum Gasteiger partial charge on any atom is -0.384 e. The number of rotatable bonds is 12. The molecule has 266 valence electrons. The normalized spacial score (nSPS) is 21.8. The molecule has 3 atom stereocenters. The number of nitrogens with zero attached hydrogens (tertiary/aromatic N) is 4. The maximum atomic E-state index is 14.6. The molecule has 3 aliphatic rings. The monoisotopic (exact) mass is 680 g/mol. The van der Waals surface area contributed by atoms with Gasteiger partial charge in [-0.3, -0.25) is 19.2 Å². The van der Waals surface area contributed by atoms with Crippen molar-refractivity contribution in [3.8, 4) is 0 Å².